The summed E-state index contributed by atoms with van der Waals surface area (Å²) in [5.41, 5.74) is 3.40. The molecular weight excluding hydrogens is 262 g/mol. The van der Waals surface area contributed by atoms with Gasteiger partial charge < -0.3 is 0 Å². The first kappa shape index (κ1) is 13.3. The van der Waals surface area contributed by atoms with Gasteiger partial charge >= 0.3 is 0 Å². The molecule has 6 heteroatoms. The molecule has 2 rings (SSSR count). The zero-order chi connectivity index (χ0) is 13.7. The van der Waals surface area contributed by atoms with Gasteiger partial charge in [-0.1, -0.05) is 18.2 Å². The molecule has 1 aromatic rings. The maximum absolute atomic E-state index is 11.9. The third-order valence-electron chi connectivity index (χ3n) is 2.44. The normalized spacial score (nSPS) is 14.1. The van der Waals surface area contributed by atoms with E-state index in [1.165, 1.54) is 18.0 Å². The van der Waals surface area contributed by atoms with E-state index in [0.717, 1.165) is 0 Å². The van der Waals surface area contributed by atoms with Crippen LogP contribution >= 0.6 is 11.9 Å². The molecule has 1 heterocycles. The summed E-state index contributed by atoms with van der Waals surface area (Å²) in [6.07, 6.45) is 1.68. The van der Waals surface area contributed by atoms with Crippen LogP contribution in [0, 0.1) is 11.3 Å². The van der Waals surface area contributed by atoms with Gasteiger partial charge in [0.25, 0.3) is 0 Å². The van der Waals surface area contributed by atoms with Crippen molar-refractivity contribution in [1.29, 1.82) is 5.26 Å². The highest BCUT2D eigenvalue weighted by Crippen LogP contribution is 2.14. The SMILES string of the molecule is N#Cc1cccc(C(=O)CC(=O)NN2CC=CS2)c1. The molecular formula is C13H11N3O2S. The zero-order valence-electron chi connectivity index (χ0n) is 10.00. The van der Waals surface area contributed by atoms with Crippen molar-refractivity contribution in [2.45, 2.75) is 6.42 Å². The highest BCUT2D eigenvalue weighted by Gasteiger charge is 2.15. The highest BCUT2D eigenvalue weighted by atomic mass is 32.2. The summed E-state index contributed by atoms with van der Waals surface area (Å²) in [7, 11) is 0. The summed E-state index contributed by atoms with van der Waals surface area (Å²) in [5.74, 6) is -0.657. The van der Waals surface area contributed by atoms with Crippen LogP contribution in [0.15, 0.2) is 35.7 Å². The van der Waals surface area contributed by atoms with Gasteiger partial charge in [0.2, 0.25) is 5.91 Å². The fourth-order valence-corrected chi connectivity index (χ4v) is 2.20. The third-order valence-corrected chi connectivity index (χ3v) is 3.25. The molecule has 1 amide bonds. The van der Waals surface area contributed by atoms with Gasteiger partial charge in [-0.05, 0) is 29.5 Å². The molecule has 0 atom stereocenters. The Balaban J connectivity index is 1.92. The number of hydrogen-bond acceptors (Lipinski definition) is 5. The predicted molar refractivity (Wildman–Crippen MR) is 71.7 cm³/mol. The van der Waals surface area contributed by atoms with Crippen molar-refractivity contribution in [2.24, 2.45) is 0 Å². The number of nitrogens with zero attached hydrogens (tertiary/aromatic N) is 2. The number of ketones is 1. The quantitative estimate of drug-likeness (QED) is 0.513. The molecule has 0 saturated heterocycles. The van der Waals surface area contributed by atoms with Crippen molar-refractivity contribution in [2.75, 3.05) is 6.54 Å². The highest BCUT2D eigenvalue weighted by molar-refractivity contribution is 8.00. The second-order valence-electron chi connectivity index (χ2n) is 3.87. The first-order valence-corrected chi connectivity index (χ1v) is 6.45. The average molecular weight is 273 g/mol. The zero-order valence-corrected chi connectivity index (χ0v) is 10.8. The van der Waals surface area contributed by atoms with E-state index in [0.29, 0.717) is 17.7 Å². The van der Waals surface area contributed by atoms with Crippen LogP contribution in [0.5, 0.6) is 0 Å². The molecule has 0 aromatic heterocycles. The topological polar surface area (TPSA) is 73.2 Å². The molecule has 1 aromatic carbocycles. The van der Waals surface area contributed by atoms with Crippen molar-refractivity contribution in [1.82, 2.24) is 9.84 Å². The Morgan fingerprint density at radius 2 is 2.32 bits per heavy atom. The van der Waals surface area contributed by atoms with Crippen molar-refractivity contribution in [3.63, 3.8) is 0 Å². The van der Waals surface area contributed by atoms with E-state index in [9.17, 15) is 9.59 Å². The minimum atomic E-state index is -0.358. The first-order chi connectivity index (χ1) is 9.19. The van der Waals surface area contributed by atoms with Crippen LogP contribution < -0.4 is 5.43 Å². The van der Waals surface area contributed by atoms with Crippen LogP contribution in [0.3, 0.4) is 0 Å². The fraction of sp³-hybridized carbons (Fsp3) is 0.154. The lowest BCUT2D eigenvalue weighted by atomic mass is 10.1. The Hall–Kier alpha value is -2.10. The number of hydrogen-bond donors (Lipinski definition) is 1. The number of hydrazine groups is 1. The summed E-state index contributed by atoms with van der Waals surface area (Å²) in [4.78, 5) is 23.5. The first-order valence-electron chi connectivity index (χ1n) is 5.61. The Morgan fingerprint density at radius 1 is 1.47 bits per heavy atom. The molecule has 96 valence electrons. The smallest absolute Gasteiger partial charge is 0.242 e. The monoisotopic (exact) mass is 273 g/mol. The Labute approximate surface area is 115 Å². The van der Waals surface area contributed by atoms with Crippen LogP contribution in [0.1, 0.15) is 22.3 Å². The maximum atomic E-state index is 11.9. The lowest BCUT2D eigenvalue weighted by Crippen LogP contribution is -2.36. The van der Waals surface area contributed by atoms with Gasteiger partial charge in [0, 0.05) is 12.1 Å². The molecule has 1 aliphatic heterocycles. The van der Waals surface area contributed by atoms with Crippen LogP contribution in [-0.2, 0) is 4.79 Å². The largest absolute Gasteiger partial charge is 0.294 e. The number of Topliss-reactive ketones (excluding diaryl/α,β-unsaturated/α-hetero) is 1. The van der Waals surface area contributed by atoms with Gasteiger partial charge in [0.15, 0.2) is 5.78 Å². The van der Waals surface area contributed by atoms with Crippen molar-refractivity contribution in [3.05, 3.63) is 46.9 Å². The Kier molecular flexibility index (Phi) is 4.34. The van der Waals surface area contributed by atoms with Gasteiger partial charge in [-0.25, -0.2) is 0 Å². The fourth-order valence-electron chi connectivity index (χ4n) is 1.56. The number of rotatable bonds is 4. The van der Waals surface area contributed by atoms with E-state index in [-0.39, 0.29) is 18.1 Å². The van der Waals surface area contributed by atoms with E-state index >= 15 is 0 Å². The summed E-state index contributed by atoms with van der Waals surface area (Å²) in [6.45, 7) is 0.620. The van der Waals surface area contributed by atoms with Gasteiger partial charge in [0.05, 0.1) is 18.1 Å². The lowest BCUT2D eigenvalue weighted by molar-refractivity contribution is -0.122. The molecule has 5 nitrogen and oxygen atoms in total. The molecule has 0 saturated carbocycles. The van der Waals surface area contributed by atoms with E-state index in [1.807, 2.05) is 17.6 Å². The van der Waals surface area contributed by atoms with Crippen LogP contribution in [0.2, 0.25) is 0 Å². The molecule has 0 fully saturated rings. The molecule has 0 radical (unpaired) electrons. The second-order valence-corrected chi connectivity index (χ2v) is 4.79. The molecule has 0 spiro atoms. The summed E-state index contributed by atoms with van der Waals surface area (Å²) >= 11 is 1.37. The molecule has 1 aliphatic rings. The number of nitrogens with one attached hydrogen (secondary N) is 1. The number of benzene rings is 1. The summed E-state index contributed by atoms with van der Waals surface area (Å²) in [6, 6.07) is 8.29. The minimum Gasteiger partial charge on any atom is -0.294 e. The molecule has 0 bridgehead atoms. The maximum Gasteiger partial charge on any atom is 0.242 e. The Bertz CT molecular complexity index is 569. The molecule has 1 N–H and O–H groups in total. The van der Waals surface area contributed by atoms with E-state index in [4.69, 9.17) is 5.26 Å². The van der Waals surface area contributed by atoms with E-state index in [2.05, 4.69) is 5.43 Å². The summed E-state index contributed by atoms with van der Waals surface area (Å²) in [5, 5.41) is 10.6. The second kappa shape index (κ2) is 6.18. The van der Waals surface area contributed by atoms with Crippen LogP contribution in [0.4, 0.5) is 0 Å². The van der Waals surface area contributed by atoms with E-state index in [1.54, 1.807) is 22.6 Å². The average Bonchev–Trinajstić information content (AvgIpc) is 2.91. The van der Waals surface area contributed by atoms with Crippen LogP contribution in [-0.4, -0.2) is 22.6 Å². The van der Waals surface area contributed by atoms with Gasteiger partial charge in [-0.2, -0.15) is 9.68 Å². The number of amides is 1. The third kappa shape index (κ3) is 3.68. The van der Waals surface area contributed by atoms with E-state index < -0.39 is 0 Å². The minimum absolute atomic E-state index is 0.230. The standard InChI is InChI=1S/C13H11N3O2S/c14-9-10-3-1-4-11(7-10)12(17)8-13(18)15-16-5-2-6-19-16/h1-4,6-7H,5,8H2,(H,15,18). The number of nitriles is 1. The number of carbonyl (C=O) groups excluding carboxylic acids is 2. The van der Waals surface area contributed by atoms with Crippen molar-refractivity contribution in [3.8, 4) is 6.07 Å². The molecule has 0 aliphatic carbocycles. The van der Waals surface area contributed by atoms with Gasteiger partial charge in [-0.15, -0.1) is 0 Å². The number of carbonyl (C=O) groups is 2. The van der Waals surface area contributed by atoms with Crippen molar-refractivity contribution >= 4 is 23.6 Å². The predicted octanol–water partition coefficient (Wildman–Crippen LogP) is 1.64. The Morgan fingerprint density at radius 3 is 3.00 bits per heavy atom. The van der Waals surface area contributed by atoms with Crippen molar-refractivity contribution < 1.29 is 9.59 Å². The van der Waals surface area contributed by atoms with Gasteiger partial charge in [-0.3, -0.25) is 15.0 Å². The van der Waals surface area contributed by atoms with Crippen LogP contribution in [0.25, 0.3) is 0 Å². The molecule has 0 unspecified atom stereocenters. The molecule has 19 heavy (non-hydrogen) atoms. The lowest BCUT2D eigenvalue weighted by Gasteiger charge is -2.14. The summed E-state index contributed by atoms with van der Waals surface area (Å²) < 4.78 is 1.64. The van der Waals surface area contributed by atoms with Gasteiger partial charge in [0.1, 0.15) is 0 Å².